The number of fused-ring (bicyclic) bond motifs is 3. The summed E-state index contributed by atoms with van der Waals surface area (Å²) in [6, 6.07) is 8.57. The summed E-state index contributed by atoms with van der Waals surface area (Å²) in [7, 11) is 1.81. The molecule has 1 saturated carbocycles. The molecule has 6 heteroatoms. The maximum Gasteiger partial charge on any atom is 0.184 e. The summed E-state index contributed by atoms with van der Waals surface area (Å²) >= 11 is 6.20. The van der Waals surface area contributed by atoms with E-state index in [1.54, 1.807) is 6.20 Å². The summed E-state index contributed by atoms with van der Waals surface area (Å²) in [6.07, 6.45) is 9.72. The van der Waals surface area contributed by atoms with Crippen LogP contribution in [-0.2, 0) is 16.8 Å². The van der Waals surface area contributed by atoms with E-state index in [1.807, 2.05) is 19.4 Å². The van der Waals surface area contributed by atoms with Crippen LogP contribution in [0.1, 0.15) is 50.2 Å². The van der Waals surface area contributed by atoms with Gasteiger partial charge in [0.2, 0.25) is 0 Å². The third kappa shape index (κ3) is 2.83. The molecule has 5 nitrogen and oxygen atoms in total. The van der Waals surface area contributed by atoms with Crippen LogP contribution in [0.3, 0.4) is 0 Å². The molecule has 2 N–H and O–H groups in total. The molecule has 1 aromatic carbocycles. The number of aromatic nitrogens is 1. The fraction of sp³-hybridized carbons (Fsp3) is 0.458. The van der Waals surface area contributed by atoms with Crippen LogP contribution in [0.15, 0.2) is 46.6 Å². The van der Waals surface area contributed by atoms with Crippen molar-refractivity contribution in [3.8, 4) is 11.1 Å². The number of hydrogen-bond donors (Lipinski definition) is 1. The van der Waals surface area contributed by atoms with E-state index >= 15 is 0 Å². The van der Waals surface area contributed by atoms with Crippen LogP contribution in [0.4, 0.5) is 0 Å². The first kappa shape index (κ1) is 19.7. The fourth-order valence-electron chi connectivity index (χ4n) is 5.62. The van der Waals surface area contributed by atoms with Crippen molar-refractivity contribution in [2.45, 2.75) is 57.2 Å². The minimum absolute atomic E-state index is 0.0445. The van der Waals surface area contributed by atoms with Crippen LogP contribution >= 0.6 is 11.6 Å². The molecule has 1 aliphatic heterocycles. The van der Waals surface area contributed by atoms with Crippen LogP contribution < -0.4 is 5.73 Å². The summed E-state index contributed by atoms with van der Waals surface area (Å²) < 4.78 is 5.66. The van der Waals surface area contributed by atoms with E-state index in [0.717, 1.165) is 55.4 Å². The largest absolute Gasteiger partial charge is 0.382 e. The van der Waals surface area contributed by atoms with Gasteiger partial charge in [-0.2, -0.15) is 0 Å². The first-order valence-electron chi connectivity index (χ1n) is 10.7. The van der Waals surface area contributed by atoms with Crippen molar-refractivity contribution < 1.29 is 4.74 Å². The molecule has 3 aliphatic rings. The van der Waals surface area contributed by atoms with Gasteiger partial charge in [-0.1, -0.05) is 30.7 Å². The topological polar surface area (TPSA) is 72.9 Å². The average molecular weight is 423 g/mol. The molecule has 0 bridgehead atoms. The van der Waals surface area contributed by atoms with E-state index in [-0.39, 0.29) is 5.41 Å². The van der Waals surface area contributed by atoms with Gasteiger partial charge in [-0.05, 0) is 61.8 Å². The quantitative estimate of drug-likeness (QED) is 0.763. The van der Waals surface area contributed by atoms with E-state index in [9.17, 15) is 0 Å². The zero-order chi connectivity index (χ0) is 20.9. The highest BCUT2D eigenvalue weighted by Gasteiger charge is 2.60. The van der Waals surface area contributed by atoms with Gasteiger partial charge in [-0.3, -0.25) is 9.98 Å². The van der Waals surface area contributed by atoms with Crippen molar-refractivity contribution in [2.24, 2.45) is 21.1 Å². The number of halogens is 1. The molecule has 1 atom stereocenters. The van der Waals surface area contributed by atoms with Crippen molar-refractivity contribution in [1.82, 2.24) is 4.98 Å². The first-order chi connectivity index (χ1) is 14.5. The van der Waals surface area contributed by atoms with E-state index < -0.39 is 5.66 Å². The molecule has 2 aromatic rings. The number of hydrogen-bond acceptors (Lipinski definition) is 5. The smallest absolute Gasteiger partial charge is 0.184 e. The van der Waals surface area contributed by atoms with Crippen LogP contribution in [0, 0.1) is 5.41 Å². The van der Waals surface area contributed by atoms with Gasteiger partial charge in [-0.25, -0.2) is 4.99 Å². The summed E-state index contributed by atoms with van der Waals surface area (Å²) in [5.74, 6) is 0.591. The molecule has 1 fully saturated rings. The Labute approximate surface area is 182 Å². The fourth-order valence-corrected chi connectivity index (χ4v) is 5.79. The van der Waals surface area contributed by atoms with Crippen molar-refractivity contribution in [1.29, 1.82) is 0 Å². The molecular formula is C24H27ClN4O. The van der Waals surface area contributed by atoms with Crippen LogP contribution in [0.2, 0.25) is 5.02 Å². The van der Waals surface area contributed by atoms with Crippen molar-refractivity contribution in [2.75, 3.05) is 7.11 Å². The molecule has 1 aromatic heterocycles. The lowest BCUT2D eigenvalue weighted by atomic mass is 9.65. The Morgan fingerprint density at radius 2 is 1.93 bits per heavy atom. The van der Waals surface area contributed by atoms with Gasteiger partial charge >= 0.3 is 0 Å². The van der Waals surface area contributed by atoms with Crippen molar-refractivity contribution >= 4 is 23.1 Å². The van der Waals surface area contributed by atoms with Crippen LogP contribution in [-0.4, -0.2) is 29.7 Å². The molecule has 1 unspecified atom stereocenters. The molecule has 2 aliphatic carbocycles. The van der Waals surface area contributed by atoms with E-state index in [0.29, 0.717) is 17.0 Å². The maximum absolute atomic E-state index is 6.38. The number of pyridine rings is 1. The Morgan fingerprint density at radius 1 is 1.13 bits per heavy atom. The second kappa shape index (κ2) is 7.17. The Hall–Kier alpha value is -2.24. The van der Waals surface area contributed by atoms with Crippen LogP contribution in [0.25, 0.3) is 11.1 Å². The van der Waals surface area contributed by atoms with E-state index in [2.05, 4.69) is 30.1 Å². The first-order valence-corrected chi connectivity index (χ1v) is 11.1. The molecule has 5 rings (SSSR count). The van der Waals surface area contributed by atoms with Crippen molar-refractivity contribution in [3.05, 3.63) is 52.8 Å². The molecule has 0 amide bonds. The van der Waals surface area contributed by atoms with Gasteiger partial charge < -0.3 is 10.5 Å². The standard InChI is InChI=1S/C24H27ClN4O/c1-3-21-22(26)29-24(28-21)20-11-15(17-10-18(25)14-27-13-17)4-5-16(20)12-23(24)8-6-19(30-2)7-9-23/h4-5,10-11,13-14,19H,3,6-9,12H2,1-2H3,(H2,26,29). The Kier molecular flexibility index (Phi) is 4.71. The molecular weight excluding hydrogens is 396 g/mol. The number of nitrogens with two attached hydrogens (primary N) is 1. The molecule has 156 valence electrons. The highest BCUT2D eigenvalue weighted by atomic mass is 35.5. The molecule has 2 heterocycles. The van der Waals surface area contributed by atoms with E-state index in [1.165, 1.54) is 11.1 Å². The zero-order valence-corrected chi connectivity index (χ0v) is 18.2. The maximum atomic E-state index is 6.38. The number of rotatable bonds is 3. The summed E-state index contributed by atoms with van der Waals surface area (Å²) in [5.41, 5.74) is 11.2. The number of nitrogens with zero attached hydrogens (tertiary/aromatic N) is 3. The Morgan fingerprint density at radius 3 is 2.60 bits per heavy atom. The Balaban J connectivity index is 1.66. The normalized spacial score (nSPS) is 29.9. The van der Waals surface area contributed by atoms with Crippen LogP contribution in [0.5, 0.6) is 0 Å². The third-order valence-electron chi connectivity index (χ3n) is 7.22. The third-order valence-corrected chi connectivity index (χ3v) is 7.43. The molecule has 2 spiro atoms. The summed E-state index contributed by atoms with van der Waals surface area (Å²) in [4.78, 5) is 14.6. The molecule has 0 saturated heterocycles. The SMILES string of the molecule is CCC1=NC2(N=C1N)c1cc(-c3cncc(Cl)c3)ccc1CC21CCC(OC)CC1. The van der Waals surface area contributed by atoms with Gasteiger partial charge in [-0.15, -0.1) is 0 Å². The number of amidine groups is 1. The minimum Gasteiger partial charge on any atom is -0.382 e. The summed E-state index contributed by atoms with van der Waals surface area (Å²) in [6.45, 7) is 2.10. The lowest BCUT2D eigenvalue weighted by Crippen LogP contribution is -2.43. The van der Waals surface area contributed by atoms with Gasteiger partial charge in [0.25, 0.3) is 0 Å². The van der Waals surface area contributed by atoms with Crippen molar-refractivity contribution in [3.63, 3.8) is 0 Å². The summed E-state index contributed by atoms with van der Waals surface area (Å²) in [5, 5.41) is 0.631. The van der Waals surface area contributed by atoms with Gasteiger partial charge in [0.1, 0.15) is 5.84 Å². The second-order valence-corrected chi connectivity index (χ2v) is 9.17. The lowest BCUT2D eigenvalue weighted by molar-refractivity contribution is -0.000389. The minimum atomic E-state index is -0.627. The molecule has 30 heavy (non-hydrogen) atoms. The number of benzene rings is 1. The lowest BCUT2D eigenvalue weighted by Gasteiger charge is -2.44. The predicted molar refractivity (Wildman–Crippen MR) is 121 cm³/mol. The number of ether oxygens (including phenoxy) is 1. The highest BCUT2D eigenvalue weighted by molar-refractivity contribution is 6.42. The zero-order valence-electron chi connectivity index (χ0n) is 17.5. The average Bonchev–Trinajstić information content (AvgIpc) is 3.23. The van der Waals surface area contributed by atoms with E-state index in [4.69, 9.17) is 32.1 Å². The molecule has 0 radical (unpaired) electrons. The van der Waals surface area contributed by atoms with Gasteiger partial charge in [0.05, 0.1) is 16.8 Å². The van der Waals surface area contributed by atoms with Gasteiger partial charge in [0, 0.05) is 36.0 Å². The number of methoxy groups -OCH3 is 1. The highest BCUT2D eigenvalue weighted by Crippen LogP contribution is 2.62. The number of aliphatic imine (C=N–C) groups is 2. The van der Waals surface area contributed by atoms with Gasteiger partial charge in [0.15, 0.2) is 5.66 Å². The predicted octanol–water partition coefficient (Wildman–Crippen LogP) is 4.91. The monoisotopic (exact) mass is 422 g/mol. The Bertz CT molecular complexity index is 1050. The second-order valence-electron chi connectivity index (χ2n) is 8.74.